The number of aryl methyl sites for hydroxylation is 1. The van der Waals surface area contributed by atoms with Crippen LogP contribution in [-0.4, -0.2) is 128 Å². The second-order valence-electron chi connectivity index (χ2n) is 29.9. The number of alkyl halides is 1. The van der Waals surface area contributed by atoms with Crippen LogP contribution in [0.1, 0.15) is 136 Å². The highest BCUT2D eigenvalue weighted by molar-refractivity contribution is 14.1. The van der Waals surface area contributed by atoms with Crippen LogP contribution in [0.15, 0.2) is 223 Å². The lowest BCUT2D eigenvalue weighted by atomic mass is 9.49. The molecule has 3 aliphatic rings. The minimum absolute atomic E-state index is 0.346. The predicted molar refractivity (Wildman–Crippen MR) is 446 cm³/mol. The number of methoxy groups -OCH3 is 3. The third-order valence-corrected chi connectivity index (χ3v) is 22.0. The first-order valence-corrected chi connectivity index (χ1v) is 39.1. The van der Waals surface area contributed by atoms with E-state index in [0.29, 0.717) is 41.8 Å². The first kappa shape index (κ1) is 81.0. The van der Waals surface area contributed by atoms with Crippen LogP contribution < -0.4 is 5.46 Å². The van der Waals surface area contributed by atoms with Gasteiger partial charge in [-0.3, -0.25) is 14.0 Å². The molecule has 0 N–H and O–H groups in total. The Morgan fingerprint density at radius 3 is 0.982 bits per heavy atom. The second-order valence-corrected chi connectivity index (χ2v) is 30.8. The van der Waals surface area contributed by atoms with E-state index in [2.05, 4.69) is 163 Å². The van der Waals surface area contributed by atoms with Gasteiger partial charge in [0.15, 0.2) is 0 Å². The maximum atomic E-state index is 12.6. The number of fused-ring (bicyclic) bond motifs is 3. The van der Waals surface area contributed by atoms with Gasteiger partial charge in [-0.15, -0.1) is 0 Å². The normalized spacial score (nSPS) is 16.0. The lowest BCUT2D eigenvalue weighted by Gasteiger charge is -2.32. The number of carbonyl (C=O) groups excluding carboxylic acids is 3. The molecule has 0 unspecified atom stereocenters. The molecule has 9 aromatic carbocycles. The number of rotatable bonds is 14. The van der Waals surface area contributed by atoms with Crippen LogP contribution >= 0.6 is 38.5 Å². The van der Waals surface area contributed by atoms with Crippen molar-refractivity contribution >= 4 is 116 Å². The van der Waals surface area contributed by atoms with E-state index in [4.69, 9.17) is 42.1 Å². The molecule has 0 spiro atoms. The number of benzene rings is 9. The van der Waals surface area contributed by atoms with Crippen LogP contribution in [0.5, 0.6) is 0 Å². The first-order chi connectivity index (χ1) is 51.9. The molecule has 15 rings (SSSR count). The molecular formula is C86H93B3BrIN6O12. The van der Waals surface area contributed by atoms with E-state index in [-0.39, 0.29) is 34.3 Å². The molecule has 6 heterocycles. The zero-order chi connectivity index (χ0) is 78.4. The quantitative estimate of drug-likeness (QED) is 0.0329. The maximum Gasteiger partial charge on any atom is 0.495 e. The highest BCUT2D eigenvalue weighted by Crippen LogP contribution is 2.44. The van der Waals surface area contributed by atoms with Crippen molar-refractivity contribution in [3.8, 4) is 33.4 Å². The van der Waals surface area contributed by atoms with Gasteiger partial charge in [0.1, 0.15) is 0 Å². The molecule has 3 aromatic heterocycles. The van der Waals surface area contributed by atoms with Gasteiger partial charge in [0.2, 0.25) is 0 Å². The molecule has 0 atom stereocenters. The van der Waals surface area contributed by atoms with Gasteiger partial charge in [-0.05, 0) is 180 Å². The summed E-state index contributed by atoms with van der Waals surface area (Å²) in [6, 6.07) is 67.0. The number of hydrogen-bond acceptors (Lipinski definition) is 15. The van der Waals surface area contributed by atoms with Crippen LogP contribution in [-0.2, 0) is 61.8 Å². The Morgan fingerprint density at radius 2 is 0.642 bits per heavy atom. The maximum absolute atomic E-state index is 12.6. The fraction of sp³-hybridized carbons (Fsp3) is 0.302. The summed E-state index contributed by atoms with van der Waals surface area (Å²) in [6.07, 6.45) is 5.36. The van der Waals surface area contributed by atoms with Crippen LogP contribution in [0.3, 0.4) is 0 Å². The van der Waals surface area contributed by atoms with E-state index in [1.165, 1.54) is 49.1 Å². The zero-order valence-corrected chi connectivity index (χ0v) is 68.7. The van der Waals surface area contributed by atoms with Crippen molar-refractivity contribution in [2.75, 3.05) is 26.3 Å². The van der Waals surface area contributed by atoms with Crippen LogP contribution in [0.4, 0.5) is 0 Å². The molecule has 3 fully saturated rings. The molecule has 109 heavy (non-hydrogen) atoms. The van der Waals surface area contributed by atoms with Crippen molar-refractivity contribution in [2.45, 2.75) is 143 Å². The average molecular weight is 1640 g/mol. The van der Waals surface area contributed by atoms with Crippen LogP contribution in [0, 0.1) is 6.92 Å². The lowest BCUT2D eigenvalue weighted by Crippen LogP contribution is -2.41. The Bertz CT molecular complexity index is 4910. The zero-order valence-electron chi connectivity index (χ0n) is 65.0. The molecule has 12 aromatic rings. The van der Waals surface area contributed by atoms with Crippen molar-refractivity contribution < 1.29 is 56.5 Å². The van der Waals surface area contributed by atoms with Crippen LogP contribution in [0.25, 0.3) is 66.1 Å². The Labute approximate surface area is 662 Å². The summed E-state index contributed by atoms with van der Waals surface area (Å²) in [5.74, 6) is -1.12. The number of halogens is 2. The van der Waals surface area contributed by atoms with Crippen molar-refractivity contribution in [2.24, 2.45) is 0 Å². The van der Waals surface area contributed by atoms with Crippen molar-refractivity contribution in [1.82, 2.24) is 29.3 Å². The summed E-state index contributed by atoms with van der Waals surface area (Å²) < 4.78 is 57.8. The van der Waals surface area contributed by atoms with E-state index in [1.54, 1.807) is 30.6 Å². The van der Waals surface area contributed by atoms with E-state index in [1.807, 2.05) is 188 Å². The van der Waals surface area contributed by atoms with Gasteiger partial charge in [-0.2, -0.15) is 15.3 Å². The lowest BCUT2D eigenvalue weighted by molar-refractivity contribution is 0.00578. The number of carbonyl (C=O) groups is 3. The summed E-state index contributed by atoms with van der Waals surface area (Å²) in [4.78, 5) is 39.0. The number of ether oxygens (including phenoxy) is 3. The Balaban J connectivity index is 0.000000146. The van der Waals surface area contributed by atoms with Crippen LogP contribution in [0.2, 0.25) is 0 Å². The smallest absolute Gasteiger partial charge is 0.465 e. The summed E-state index contributed by atoms with van der Waals surface area (Å²) >= 11 is 5.68. The molecule has 0 amide bonds. The van der Waals surface area contributed by atoms with Gasteiger partial charge in [0.05, 0.1) is 126 Å². The van der Waals surface area contributed by atoms with Gasteiger partial charge in [0.25, 0.3) is 0 Å². The minimum atomic E-state index is -0.558. The third kappa shape index (κ3) is 17.6. The summed E-state index contributed by atoms with van der Waals surface area (Å²) in [6.45, 7) is 28.0. The summed E-state index contributed by atoms with van der Waals surface area (Å²) in [5, 5.41) is 16.3. The van der Waals surface area contributed by atoms with E-state index < -0.39 is 38.3 Å². The second kappa shape index (κ2) is 33.7. The fourth-order valence-electron chi connectivity index (χ4n) is 12.9. The summed E-state index contributed by atoms with van der Waals surface area (Å²) in [5.41, 5.74) is 13.7. The topological polar surface area (TPSA) is 188 Å². The molecule has 0 bridgehead atoms. The molecule has 3 saturated heterocycles. The number of aromatic nitrogens is 6. The van der Waals surface area contributed by atoms with E-state index in [9.17, 15) is 14.4 Å². The van der Waals surface area contributed by atoms with Crippen molar-refractivity contribution in [1.29, 1.82) is 0 Å². The monoisotopic (exact) mass is 1640 g/mol. The third-order valence-electron chi connectivity index (χ3n) is 21.3. The van der Waals surface area contributed by atoms with Crippen molar-refractivity contribution in [3.63, 3.8) is 0 Å². The first-order valence-electron chi connectivity index (χ1n) is 36.1. The standard InChI is InChI=1S/C28H29BN2O4.C23H20N2O2.C22H17BrN2O2.C12H24B2O4.CH3I/c1-27(2)28(3,4)35-29(34-27)24-16-15-22(26(32)33-5)25-23(24)17-30-31(25)18-19-11-13-21(14-12-19)20-9-7-6-8-10-20;1-16-8-13-20(23(26)27-2)22-21(16)14-24-25(22)15-17-9-11-19(12-10-17)18-6-4-3-5-7-18;1-27-22(26)18-11-12-20(23)19-13-24-25(21(18)19)14-15-7-9-17(10-8-15)16-5-3-2-4-6-16;1-9(2)10(3,4)16-13(15-9)14-17-11(5,6)12(7,8)18-14;1-2/h6-17H,18H2,1-5H3;3-14H,15H2,1-2H3;2-13H,14H2,1H3;1-8H3;1H3. The van der Waals surface area contributed by atoms with E-state index in [0.717, 1.165) is 64.9 Å². The van der Waals surface area contributed by atoms with Gasteiger partial charge < -0.3 is 42.1 Å². The van der Waals surface area contributed by atoms with Gasteiger partial charge in [-0.1, -0.05) is 214 Å². The summed E-state index contributed by atoms with van der Waals surface area (Å²) in [7, 11) is 2.67. The molecule has 3 aliphatic heterocycles. The Morgan fingerprint density at radius 1 is 0.367 bits per heavy atom. The van der Waals surface area contributed by atoms with Gasteiger partial charge in [0, 0.05) is 20.6 Å². The molecule has 562 valence electrons. The number of hydrogen-bond donors (Lipinski definition) is 0. The molecule has 0 aliphatic carbocycles. The van der Waals surface area contributed by atoms with Crippen molar-refractivity contribution in [3.05, 3.63) is 262 Å². The Hall–Kier alpha value is -9.04. The molecule has 23 heteroatoms. The highest BCUT2D eigenvalue weighted by Gasteiger charge is 2.64. The number of esters is 3. The SMILES string of the molecule is CC1(C)OB(B2OC(C)(C)C(C)(C)O2)OC1(C)C.CI.COC(=O)c1ccc(B2OC(C)(C)C(C)(C)O2)c2cnn(Cc3ccc(-c4ccccc4)cc3)c12.COC(=O)c1ccc(Br)c2cnn(Cc3ccc(-c4ccccc4)cc3)c12.COC(=O)c1ccc(C)c2cnn(Cc3ccc(-c4ccccc4)cc3)c12. The molecule has 18 nitrogen and oxygen atoms in total. The minimum Gasteiger partial charge on any atom is -0.465 e. The highest BCUT2D eigenvalue weighted by atomic mass is 127. The van der Waals surface area contributed by atoms with E-state index >= 15 is 0 Å². The molecule has 0 saturated carbocycles. The Kier molecular flexibility index (Phi) is 25.0. The molecular weight excluding hydrogens is 1550 g/mol. The average Bonchev–Trinajstić information content (AvgIpc) is 1.62. The molecule has 0 radical (unpaired) electrons. The fourth-order valence-corrected chi connectivity index (χ4v) is 13.3. The number of nitrogens with zero attached hydrogens (tertiary/aromatic N) is 6. The largest absolute Gasteiger partial charge is 0.495 e. The predicted octanol–water partition coefficient (Wildman–Crippen LogP) is 18.3. The van der Waals surface area contributed by atoms with Gasteiger partial charge >= 0.3 is 39.0 Å². The van der Waals surface area contributed by atoms with Gasteiger partial charge in [-0.25, -0.2) is 14.4 Å².